The van der Waals surface area contributed by atoms with Gasteiger partial charge in [0.15, 0.2) is 15.6 Å². The molecule has 1 amide bonds. The summed E-state index contributed by atoms with van der Waals surface area (Å²) in [7, 11) is 1.64. The second-order valence-electron chi connectivity index (χ2n) is 8.01. The van der Waals surface area contributed by atoms with Crippen LogP contribution < -0.4 is 14.9 Å². The first-order valence-corrected chi connectivity index (χ1v) is 13.2. The van der Waals surface area contributed by atoms with E-state index in [0.717, 1.165) is 37.9 Å². The van der Waals surface area contributed by atoms with E-state index in [1.807, 2.05) is 89.5 Å². The Labute approximate surface area is 220 Å². The van der Waals surface area contributed by atoms with Crippen molar-refractivity contribution in [3.8, 4) is 22.7 Å². The van der Waals surface area contributed by atoms with Crippen molar-refractivity contribution >= 4 is 56.2 Å². The predicted octanol–water partition coefficient (Wildman–Crippen LogP) is 5.24. The Kier molecular flexibility index (Phi) is 6.25. The van der Waals surface area contributed by atoms with Crippen LogP contribution in [0.4, 0.5) is 11.6 Å². The summed E-state index contributed by atoms with van der Waals surface area (Å²) in [5.41, 5.74) is 4.06. The van der Waals surface area contributed by atoms with E-state index >= 15 is 0 Å². The first-order chi connectivity index (χ1) is 18.2. The van der Waals surface area contributed by atoms with E-state index in [1.165, 1.54) is 23.1 Å². The second kappa shape index (κ2) is 10.00. The Balaban J connectivity index is 1.66. The van der Waals surface area contributed by atoms with E-state index in [2.05, 4.69) is 10.3 Å². The molecule has 3 heterocycles. The number of fused-ring (bicyclic) bond motifs is 1. The number of benzene rings is 3. The second-order valence-corrected chi connectivity index (χ2v) is 9.95. The molecule has 0 aliphatic carbocycles. The van der Waals surface area contributed by atoms with E-state index in [-0.39, 0.29) is 11.9 Å². The number of rotatable bonds is 5. The molecule has 10 heteroatoms. The molecule has 182 valence electrons. The molecular weight excluding hydrogens is 504 g/mol. The van der Waals surface area contributed by atoms with Gasteiger partial charge < -0.3 is 10.1 Å². The average molecular weight is 525 g/mol. The number of carbonyl (C=O) groups excluding carboxylic acids is 1. The molecule has 0 atom stereocenters. The zero-order chi connectivity index (χ0) is 25.2. The number of nitrogens with zero attached hydrogens (tertiary/aromatic N) is 5. The first-order valence-electron chi connectivity index (χ1n) is 11.4. The van der Waals surface area contributed by atoms with Crippen molar-refractivity contribution in [2.24, 2.45) is 9.98 Å². The number of hydrogen-bond donors (Lipinski definition) is 1. The Bertz CT molecular complexity index is 1690. The van der Waals surface area contributed by atoms with Crippen LogP contribution in [0.3, 0.4) is 0 Å². The van der Waals surface area contributed by atoms with Gasteiger partial charge in [-0.1, -0.05) is 59.5 Å². The fourth-order valence-corrected chi connectivity index (χ4v) is 5.64. The SMILES string of the molecule is COc1ccc(-c2nc(/N=C3/NC(=O)CS3)nc3c2sc(=Nc2ccccc2)n3-c2ccccc2)cc1. The molecule has 37 heavy (non-hydrogen) atoms. The van der Waals surface area contributed by atoms with Gasteiger partial charge >= 0.3 is 0 Å². The van der Waals surface area contributed by atoms with E-state index < -0.39 is 0 Å². The lowest BCUT2D eigenvalue weighted by molar-refractivity contribution is -0.116. The summed E-state index contributed by atoms with van der Waals surface area (Å²) in [5, 5.41) is 3.25. The fraction of sp³-hybridized carbons (Fsp3) is 0.0741. The van der Waals surface area contributed by atoms with Gasteiger partial charge in [-0.2, -0.15) is 9.98 Å². The molecule has 0 radical (unpaired) electrons. The van der Waals surface area contributed by atoms with Gasteiger partial charge in [0.05, 0.1) is 24.2 Å². The number of thioether (sulfide) groups is 1. The van der Waals surface area contributed by atoms with Crippen molar-refractivity contribution in [3.63, 3.8) is 0 Å². The van der Waals surface area contributed by atoms with Gasteiger partial charge in [-0.25, -0.2) is 9.98 Å². The number of nitrogens with one attached hydrogen (secondary N) is 1. The topological polar surface area (TPSA) is 93.8 Å². The van der Waals surface area contributed by atoms with Gasteiger partial charge in [-0.3, -0.25) is 9.36 Å². The number of amidine groups is 1. The maximum absolute atomic E-state index is 11.7. The third kappa shape index (κ3) is 4.76. The molecule has 2 aromatic heterocycles. The summed E-state index contributed by atoms with van der Waals surface area (Å²) in [6, 6.07) is 27.5. The van der Waals surface area contributed by atoms with Crippen LogP contribution in [0, 0.1) is 0 Å². The molecule has 0 bridgehead atoms. The van der Waals surface area contributed by atoms with Crippen molar-refractivity contribution in [2.75, 3.05) is 12.9 Å². The fourth-order valence-electron chi connectivity index (χ4n) is 3.87. The highest BCUT2D eigenvalue weighted by molar-refractivity contribution is 8.15. The van der Waals surface area contributed by atoms with Gasteiger partial charge in [0.2, 0.25) is 5.91 Å². The molecule has 6 rings (SSSR count). The number of amides is 1. The highest BCUT2D eigenvalue weighted by atomic mass is 32.2. The minimum Gasteiger partial charge on any atom is -0.497 e. The normalized spacial score (nSPS) is 14.9. The van der Waals surface area contributed by atoms with Crippen LogP contribution in [-0.2, 0) is 4.79 Å². The molecule has 1 N–H and O–H groups in total. The largest absolute Gasteiger partial charge is 0.497 e. The Hall–Kier alpha value is -4.28. The maximum atomic E-state index is 11.7. The maximum Gasteiger partial charge on any atom is 0.254 e. The lowest BCUT2D eigenvalue weighted by Gasteiger charge is -2.08. The lowest BCUT2D eigenvalue weighted by Crippen LogP contribution is -2.20. The van der Waals surface area contributed by atoms with Crippen molar-refractivity contribution in [3.05, 3.63) is 89.7 Å². The number of ether oxygens (including phenoxy) is 1. The number of carbonyl (C=O) groups is 1. The standard InChI is InChI=1S/C27H20N6O2S2/c1-35-20-14-12-17(13-15-20)22-23-24(31-25(30-22)32-26-29-21(34)16-36-26)33(19-10-6-3-7-11-19)27(37-23)28-18-8-4-2-5-9-18/h2-15H,16H2,1H3,(H,29,30,31,32,34). The van der Waals surface area contributed by atoms with Crippen LogP contribution in [0.1, 0.15) is 0 Å². The van der Waals surface area contributed by atoms with E-state index in [4.69, 9.17) is 19.7 Å². The minimum absolute atomic E-state index is 0.0842. The third-order valence-electron chi connectivity index (χ3n) is 5.58. The van der Waals surface area contributed by atoms with Crippen LogP contribution in [-0.4, -0.2) is 38.5 Å². The third-order valence-corrected chi connectivity index (χ3v) is 7.49. The van der Waals surface area contributed by atoms with Gasteiger partial charge in [-0.15, -0.1) is 0 Å². The molecule has 5 aromatic rings. The van der Waals surface area contributed by atoms with Gasteiger partial charge in [0, 0.05) is 11.3 Å². The van der Waals surface area contributed by atoms with E-state index in [9.17, 15) is 4.79 Å². The summed E-state index contributed by atoms with van der Waals surface area (Å²) >= 11 is 2.85. The zero-order valence-corrected chi connectivity index (χ0v) is 21.3. The van der Waals surface area contributed by atoms with Crippen molar-refractivity contribution in [1.82, 2.24) is 19.9 Å². The molecule has 0 saturated carbocycles. The molecule has 1 aliphatic heterocycles. The van der Waals surface area contributed by atoms with Crippen molar-refractivity contribution in [1.29, 1.82) is 0 Å². The number of hydrogen-bond acceptors (Lipinski definition) is 8. The summed E-state index contributed by atoms with van der Waals surface area (Å²) in [6.07, 6.45) is 0. The molecule has 3 aromatic carbocycles. The smallest absolute Gasteiger partial charge is 0.254 e. The van der Waals surface area contributed by atoms with Crippen LogP contribution >= 0.6 is 23.1 Å². The summed E-state index contributed by atoms with van der Waals surface area (Å²) < 4.78 is 8.24. The van der Waals surface area contributed by atoms with Gasteiger partial charge in [-0.05, 0) is 48.5 Å². The highest BCUT2D eigenvalue weighted by Gasteiger charge is 2.21. The number of aliphatic imine (C=N–C) groups is 1. The predicted molar refractivity (Wildman–Crippen MR) is 148 cm³/mol. The van der Waals surface area contributed by atoms with Crippen LogP contribution in [0.15, 0.2) is 94.9 Å². The molecule has 1 aliphatic rings. The monoisotopic (exact) mass is 524 g/mol. The van der Waals surface area contributed by atoms with Gasteiger partial charge in [0.1, 0.15) is 10.4 Å². The van der Waals surface area contributed by atoms with E-state index in [1.54, 1.807) is 7.11 Å². The van der Waals surface area contributed by atoms with Crippen molar-refractivity contribution in [2.45, 2.75) is 0 Å². The van der Waals surface area contributed by atoms with Crippen LogP contribution in [0.25, 0.3) is 27.3 Å². The van der Waals surface area contributed by atoms with Gasteiger partial charge in [0.25, 0.3) is 5.95 Å². The summed E-state index contributed by atoms with van der Waals surface area (Å²) in [6.45, 7) is 0. The molecule has 8 nitrogen and oxygen atoms in total. The van der Waals surface area contributed by atoms with Crippen molar-refractivity contribution < 1.29 is 9.53 Å². The molecule has 0 spiro atoms. The zero-order valence-electron chi connectivity index (χ0n) is 19.7. The van der Waals surface area contributed by atoms with E-state index in [0.29, 0.717) is 16.6 Å². The first kappa shape index (κ1) is 23.1. The van der Waals surface area contributed by atoms with Crippen LogP contribution in [0.2, 0.25) is 0 Å². The number of methoxy groups -OCH3 is 1. The molecule has 1 saturated heterocycles. The molecular formula is C27H20N6O2S2. The summed E-state index contributed by atoms with van der Waals surface area (Å²) in [4.78, 5) is 31.7. The Morgan fingerprint density at radius 3 is 2.32 bits per heavy atom. The molecule has 1 fully saturated rings. The highest BCUT2D eigenvalue weighted by Crippen LogP contribution is 2.33. The number of para-hydroxylation sites is 2. The quantitative estimate of drug-likeness (QED) is 0.339. The molecule has 0 unspecified atom stereocenters. The Morgan fingerprint density at radius 2 is 1.65 bits per heavy atom. The van der Waals surface area contributed by atoms with Crippen LogP contribution in [0.5, 0.6) is 5.75 Å². The average Bonchev–Trinajstić information content (AvgIpc) is 3.51. The Morgan fingerprint density at radius 1 is 0.919 bits per heavy atom. The summed E-state index contributed by atoms with van der Waals surface area (Å²) in [5.74, 6) is 1.26. The minimum atomic E-state index is -0.0842. The number of aromatic nitrogens is 3. The lowest BCUT2D eigenvalue weighted by atomic mass is 10.1. The number of thiazole rings is 1.